The lowest BCUT2D eigenvalue weighted by Gasteiger charge is -2.12. The maximum atomic E-state index is 13.6. The molecular formula is C12H16FNO2S. The third kappa shape index (κ3) is 4.02. The molecule has 3 nitrogen and oxygen atoms in total. The lowest BCUT2D eigenvalue weighted by atomic mass is 10.1. The molecule has 1 aromatic rings. The Kier molecular flexibility index (Phi) is 5.44. The maximum absolute atomic E-state index is 13.6. The van der Waals surface area contributed by atoms with Crippen molar-refractivity contribution in [2.24, 2.45) is 5.73 Å². The number of carbonyl (C=O) groups excluding carboxylic acids is 1. The molecule has 0 heterocycles. The minimum Gasteiger partial charge on any atom is -0.469 e. The molecule has 5 heteroatoms. The van der Waals surface area contributed by atoms with Gasteiger partial charge in [-0.15, -0.1) is 11.8 Å². The van der Waals surface area contributed by atoms with Gasteiger partial charge in [-0.25, -0.2) is 4.39 Å². The first kappa shape index (κ1) is 14.0. The van der Waals surface area contributed by atoms with Gasteiger partial charge in [0.25, 0.3) is 0 Å². The lowest BCUT2D eigenvalue weighted by molar-refractivity contribution is -0.140. The molecule has 2 N–H and O–H groups in total. The van der Waals surface area contributed by atoms with E-state index < -0.39 is 0 Å². The van der Waals surface area contributed by atoms with Crippen molar-refractivity contribution in [3.8, 4) is 0 Å². The quantitative estimate of drug-likeness (QED) is 0.650. The molecule has 0 saturated carbocycles. The van der Waals surface area contributed by atoms with Crippen LogP contribution in [-0.2, 0) is 9.53 Å². The van der Waals surface area contributed by atoms with Crippen molar-refractivity contribution in [1.82, 2.24) is 0 Å². The van der Waals surface area contributed by atoms with Crippen molar-refractivity contribution < 1.29 is 13.9 Å². The van der Waals surface area contributed by atoms with Crippen molar-refractivity contribution in [3.63, 3.8) is 0 Å². The Balaban J connectivity index is 2.72. The van der Waals surface area contributed by atoms with Gasteiger partial charge in [-0.05, 0) is 18.6 Å². The van der Waals surface area contributed by atoms with Crippen LogP contribution in [0.1, 0.15) is 24.9 Å². The number of thioether (sulfide) groups is 1. The van der Waals surface area contributed by atoms with Crippen LogP contribution in [-0.4, -0.2) is 18.8 Å². The number of halogens is 1. The molecule has 1 aromatic carbocycles. The highest BCUT2D eigenvalue weighted by Crippen LogP contribution is 2.29. The summed E-state index contributed by atoms with van der Waals surface area (Å²) in [6.45, 7) is 1.80. The molecule has 17 heavy (non-hydrogen) atoms. The molecule has 0 aliphatic heterocycles. The van der Waals surface area contributed by atoms with Gasteiger partial charge in [0.2, 0.25) is 0 Å². The number of nitrogens with two attached hydrogens (primary N) is 1. The standard InChI is InChI=1S/C12H16FNO2S/c1-8(14)9-4-3-5-10(13)12(9)17-7-6-11(15)16-2/h3-5,8H,6-7,14H2,1-2H3/t8-/m1/s1. The lowest BCUT2D eigenvalue weighted by Crippen LogP contribution is -2.08. The van der Waals surface area contributed by atoms with Gasteiger partial charge in [0.1, 0.15) is 5.82 Å². The number of ether oxygens (including phenoxy) is 1. The summed E-state index contributed by atoms with van der Waals surface area (Å²) >= 11 is 1.29. The molecule has 0 aliphatic carbocycles. The van der Waals surface area contributed by atoms with Crippen LogP contribution in [0, 0.1) is 5.82 Å². The summed E-state index contributed by atoms with van der Waals surface area (Å²) in [7, 11) is 1.34. The zero-order chi connectivity index (χ0) is 12.8. The van der Waals surface area contributed by atoms with Crippen LogP contribution < -0.4 is 5.73 Å². The highest BCUT2D eigenvalue weighted by molar-refractivity contribution is 7.99. The molecule has 1 atom stereocenters. The van der Waals surface area contributed by atoms with Gasteiger partial charge in [-0.1, -0.05) is 12.1 Å². The molecule has 94 valence electrons. The highest BCUT2D eigenvalue weighted by Gasteiger charge is 2.12. The fourth-order valence-corrected chi connectivity index (χ4v) is 2.47. The summed E-state index contributed by atoms with van der Waals surface area (Å²) in [6.07, 6.45) is 0.258. The predicted molar refractivity (Wildman–Crippen MR) is 66.4 cm³/mol. The average Bonchev–Trinajstić information content (AvgIpc) is 2.30. The third-order valence-electron chi connectivity index (χ3n) is 2.27. The van der Waals surface area contributed by atoms with Gasteiger partial charge in [0.05, 0.1) is 13.5 Å². The number of carbonyl (C=O) groups is 1. The maximum Gasteiger partial charge on any atom is 0.306 e. The van der Waals surface area contributed by atoms with Crippen molar-refractivity contribution in [3.05, 3.63) is 29.6 Å². The van der Waals surface area contributed by atoms with Crippen LogP contribution in [0.15, 0.2) is 23.1 Å². The zero-order valence-corrected chi connectivity index (χ0v) is 10.7. The number of hydrogen-bond acceptors (Lipinski definition) is 4. The fourth-order valence-electron chi connectivity index (χ4n) is 1.37. The summed E-state index contributed by atoms with van der Waals surface area (Å²) in [5.74, 6) is -0.112. The second kappa shape index (κ2) is 6.61. The first-order chi connectivity index (χ1) is 8.06. The Morgan fingerprint density at radius 3 is 2.88 bits per heavy atom. The number of hydrogen-bond donors (Lipinski definition) is 1. The van der Waals surface area contributed by atoms with Gasteiger partial charge in [-0.2, -0.15) is 0 Å². The number of esters is 1. The Morgan fingerprint density at radius 1 is 1.59 bits per heavy atom. The van der Waals surface area contributed by atoms with Crippen LogP contribution in [0.25, 0.3) is 0 Å². The summed E-state index contributed by atoms with van der Waals surface area (Å²) in [5.41, 5.74) is 6.53. The van der Waals surface area contributed by atoms with Crippen LogP contribution in [0.4, 0.5) is 4.39 Å². The molecule has 0 bridgehead atoms. The summed E-state index contributed by atoms with van der Waals surface area (Å²) in [5, 5.41) is 0. The van der Waals surface area contributed by atoms with E-state index >= 15 is 0 Å². The van der Waals surface area contributed by atoms with E-state index in [1.165, 1.54) is 24.9 Å². The molecule has 0 fully saturated rings. The Morgan fingerprint density at radius 2 is 2.29 bits per heavy atom. The molecule has 1 rings (SSSR count). The van der Waals surface area contributed by atoms with Crippen molar-refractivity contribution in [2.75, 3.05) is 12.9 Å². The molecule has 0 saturated heterocycles. The van der Waals surface area contributed by atoms with E-state index in [1.54, 1.807) is 19.1 Å². The van der Waals surface area contributed by atoms with Gasteiger partial charge in [0, 0.05) is 16.7 Å². The monoisotopic (exact) mass is 257 g/mol. The molecule has 0 spiro atoms. The first-order valence-electron chi connectivity index (χ1n) is 5.30. The van der Waals surface area contributed by atoms with Crippen LogP contribution in [0.5, 0.6) is 0 Å². The smallest absolute Gasteiger partial charge is 0.306 e. The second-order valence-corrected chi connectivity index (χ2v) is 4.73. The van der Waals surface area contributed by atoms with Gasteiger partial charge in [-0.3, -0.25) is 4.79 Å². The highest BCUT2D eigenvalue weighted by atomic mass is 32.2. The summed E-state index contributed by atoms with van der Waals surface area (Å²) < 4.78 is 18.1. The van der Waals surface area contributed by atoms with Gasteiger partial charge >= 0.3 is 5.97 Å². The number of rotatable bonds is 5. The second-order valence-electron chi connectivity index (χ2n) is 3.62. The predicted octanol–water partition coefficient (Wildman–Crippen LogP) is 2.50. The van der Waals surface area contributed by atoms with Crippen molar-refractivity contribution in [2.45, 2.75) is 24.3 Å². The molecule has 0 aromatic heterocycles. The topological polar surface area (TPSA) is 52.3 Å². The minimum absolute atomic E-state index is 0.230. The Labute approximate surface area is 105 Å². The van der Waals surface area contributed by atoms with E-state index in [2.05, 4.69) is 4.74 Å². The molecule has 0 aliphatic rings. The van der Waals surface area contributed by atoms with Gasteiger partial charge < -0.3 is 10.5 Å². The minimum atomic E-state index is -0.297. The fraction of sp³-hybridized carbons (Fsp3) is 0.417. The van der Waals surface area contributed by atoms with Gasteiger partial charge in [0.15, 0.2) is 0 Å². The molecule has 0 amide bonds. The van der Waals surface area contributed by atoms with E-state index in [0.29, 0.717) is 10.6 Å². The molecule has 0 unspecified atom stereocenters. The van der Waals surface area contributed by atoms with E-state index in [0.717, 1.165) is 5.56 Å². The number of benzene rings is 1. The van der Waals surface area contributed by atoms with Crippen molar-refractivity contribution >= 4 is 17.7 Å². The van der Waals surface area contributed by atoms with E-state index in [1.807, 2.05) is 0 Å². The Bertz CT molecular complexity index is 396. The van der Waals surface area contributed by atoms with Crippen molar-refractivity contribution in [1.29, 1.82) is 0 Å². The number of methoxy groups -OCH3 is 1. The summed E-state index contributed by atoms with van der Waals surface area (Å²) in [6, 6.07) is 4.60. The largest absolute Gasteiger partial charge is 0.469 e. The van der Waals surface area contributed by atoms with Crippen LogP contribution >= 0.6 is 11.8 Å². The van der Waals surface area contributed by atoms with Crippen LogP contribution in [0.3, 0.4) is 0 Å². The Hall–Kier alpha value is -1.07. The third-order valence-corrected chi connectivity index (χ3v) is 3.40. The zero-order valence-electron chi connectivity index (χ0n) is 9.90. The molecule has 0 radical (unpaired) electrons. The van der Waals surface area contributed by atoms with E-state index in [-0.39, 0.29) is 24.2 Å². The van der Waals surface area contributed by atoms with E-state index in [4.69, 9.17) is 5.73 Å². The summed E-state index contributed by atoms with van der Waals surface area (Å²) in [4.78, 5) is 11.5. The molecular weight excluding hydrogens is 241 g/mol. The average molecular weight is 257 g/mol. The van der Waals surface area contributed by atoms with Crippen LogP contribution in [0.2, 0.25) is 0 Å². The van der Waals surface area contributed by atoms with E-state index in [9.17, 15) is 9.18 Å². The normalized spacial score (nSPS) is 12.2. The first-order valence-corrected chi connectivity index (χ1v) is 6.28. The SMILES string of the molecule is COC(=O)CCSc1c(F)cccc1[C@@H](C)N.